The quantitative estimate of drug-likeness (QED) is 0.568. The van der Waals surface area contributed by atoms with E-state index in [1.54, 1.807) is 0 Å². The van der Waals surface area contributed by atoms with Crippen molar-refractivity contribution in [2.24, 2.45) is 0 Å². The molecule has 32 heavy (non-hydrogen) atoms. The number of aromatic nitrogens is 1. The number of guanidine groups is 1. The highest BCUT2D eigenvalue weighted by atomic mass is 35.5. The van der Waals surface area contributed by atoms with Crippen LogP contribution in [0.1, 0.15) is 28.5 Å². The minimum atomic E-state index is -4.62. The molecule has 0 unspecified atom stereocenters. The SMILES string of the molecule is CN1C(=N)N[C@](C)(c2cc(NC(=O)c3ccc(C(F)(F)F)cn3)cc(Cl)c2F)CS1(=O)=O. The minimum absolute atomic E-state index is 0.0519. The van der Waals surface area contributed by atoms with E-state index in [-0.39, 0.29) is 16.9 Å². The van der Waals surface area contributed by atoms with Crippen LogP contribution >= 0.6 is 11.6 Å². The number of hydrogen-bond donors (Lipinski definition) is 3. The number of nitrogens with one attached hydrogen (secondary N) is 3. The summed E-state index contributed by atoms with van der Waals surface area (Å²) in [5, 5.41) is 12.4. The van der Waals surface area contributed by atoms with Gasteiger partial charge in [-0.2, -0.15) is 13.2 Å². The van der Waals surface area contributed by atoms with Crippen LogP contribution in [0.4, 0.5) is 23.2 Å². The monoisotopic (exact) mass is 493 g/mol. The Morgan fingerprint density at radius 1 is 1.34 bits per heavy atom. The molecule has 2 heterocycles. The van der Waals surface area contributed by atoms with Crippen molar-refractivity contribution in [1.82, 2.24) is 14.6 Å². The number of halogens is 5. The highest BCUT2D eigenvalue weighted by Gasteiger charge is 2.43. The summed E-state index contributed by atoms with van der Waals surface area (Å²) in [5.74, 6) is -2.95. The van der Waals surface area contributed by atoms with Gasteiger partial charge in [0.2, 0.25) is 16.0 Å². The minimum Gasteiger partial charge on any atom is -0.345 e. The molecule has 172 valence electrons. The number of pyridine rings is 1. The molecule has 1 atom stereocenters. The van der Waals surface area contributed by atoms with E-state index in [4.69, 9.17) is 17.0 Å². The van der Waals surface area contributed by atoms with Crippen LogP contribution in [-0.4, -0.2) is 42.4 Å². The number of amides is 1. The van der Waals surface area contributed by atoms with Crippen LogP contribution in [0.3, 0.4) is 0 Å². The normalized spacial score (nSPS) is 20.6. The fourth-order valence-corrected chi connectivity index (χ4v) is 4.77. The number of alkyl halides is 3. The third-order valence-electron chi connectivity index (χ3n) is 4.80. The second-order valence-corrected chi connectivity index (χ2v) is 9.64. The summed E-state index contributed by atoms with van der Waals surface area (Å²) in [7, 11) is -2.78. The Kier molecular flexibility index (Phi) is 5.85. The topological polar surface area (TPSA) is 115 Å². The lowest BCUT2D eigenvalue weighted by Crippen LogP contribution is -2.61. The number of hydrogen-bond acceptors (Lipinski definition) is 5. The zero-order valence-electron chi connectivity index (χ0n) is 16.5. The number of carbonyl (C=O) groups is 1. The van der Waals surface area contributed by atoms with E-state index in [1.165, 1.54) is 14.0 Å². The largest absolute Gasteiger partial charge is 0.417 e. The number of carbonyl (C=O) groups excluding carboxylic acids is 1. The van der Waals surface area contributed by atoms with Crippen molar-refractivity contribution in [2.45, 2.75) is 18.6 Å². The van der Waals surface area contributed by atoms with Crippen LogP contribution in [0.15, 0.2) is 30.5 Å². The van der Waals surface area contributed by atoms with Gasteiger partial charge < -0.3 is 10.6 Å². The smallest absolute Gasteiger partial charge is 0.345 e. The molecule has 3 rings (SSSR count). The van der Waals surface area contributed by atoms with Gasteiger partial charge in [-0.25, -0.2) is 17.1 Å². The highest BCUT2D eigenvalue weighted by molar-refractivity contribution is 7.89. The summed E-state index contributed by atoms with van der Waals surface area (Å²) in [6, 6.07) is 3.74. The van der Waals surface area contributed by atoms with Crippen molar-refractivity contribution in [3.8, 4) is 0 Å². The van der Waals surface area contributed by atoms with Gasteiger partial charge in [0.1, 0.15) is 11.5 Å². The van der Waals surface area contributed by atoms with Crippen molar-refractivity contribution in [3.63, 3.8) is 0 Å². The molecule has 0 saturated carbocycles. The fraction of sp³-hybridized carbons (Fsp3) is 0.278. The van der Waals surface area contributed by atoms with Crippen molar-refractivity contribution in [3.05, 3.63) is 58.1 Å². The highest BCUT2D eigenvalue weighted by Crippen LogP contribution is 2.35. The van der Waals surface area contributed by atoms with E-state index in [0.717, 1.165) is 18.2 Å². The summed E-state index contributed by atoms with van der Waals surface area (Å²) in [4.78, 5) is 15.9. The van der Waals surface area contributed by atoms with Gasteiger partial charge in [0.25, 0.3) is 5.91 Å². The molecule has 1 aromatic heterocycles. The lowest BCUT2D eigenvalue weighted by atomic mass is 9.92. The molecular weight excluding hydrogens is 478 g/mol. The molecule has 1 aliphatic heterocycles. The lowest BCUT2D eigenvalue weighted by molar-refractivity contribution is -0.137. The Balaban J connectivity index is 1.94. The Labute approximate surface area is 185 Å². The maximum absolute atomic E-state index is 14.8. The van der Waals surface area contributed by atoms with Crippen molar-refractivity contribution < 1.29 is 30.8 Å². The van der Waals surface area contributed by atoms with Crippen LogP contribution in [0, 0.1) is 11.2 Å². The summed E-state index contributed by atoms with van der Waals surface area (Å²) >= 11 is 5.93. The van der Waals surface area contributed by atoms with Crippen LogP contribution in [0.5, 0.6) is 0 Å². The van der Waals surface area contributed by atoms with Gasteiger partial charge in [0.15, 0.2) is 0 Å². The molecule has 1 fully saturated rings. The molecule has 14 heteroatoms. The van der Waals surface area contributed by atoms with Gasteiger partial charge >= 0.3 is 6.18 Å². The van der Waals surface area contributed by atoms with Gasteiger partial charge in [0, 0.05) is 24.5 Å². The van der Waals surface area contributed by atoms with Gasteiger partial charge in [-0.1, -0.05) is 11.6 Å². The van der Waals surface area contributed by atoms with E-state index < -0.39 is 55.8 Å². The van der Waals surface area contributed by atoms with Gasteiger partial charge in [-0.05, 0) is 31.2 Å². The average molecular weight is 494 g/mol. The van der Waals surface area contributed by atoms with Crippen LogP contribution in [0.2, 0.25) is 5.02 Å². The molecule has 0 aliphatic carbocycles. The zero-order chi connectivity index (χ0) is 24.1. The van der Waals surface area contributed by atoms with Crippen molar-refractivity contribution in [1.29, 1.82) is 5.41 Å². The summed E-state index contributed by atoms with van der Waals surface area (Å²) in [6.45, 7) is 1.35. The van der Waals surface area contributed by atoms with E-state index in [0.29, 0.717) is 16.6 Å². The molecule has 0 bridgehead atoms. The third kappa shape index (κ3) is 4.48. The molecule has 1 saturated heterocycles. The van der Waals surface area contributed by atoms with E-state index in [2.05, 4.69) is 15.6 Å². The molecule has 1 amide bonds. The second-order valence-electron chi connectivity index (χ2n) is 7.23. The first kappa shape index (κ1) is 23.7. The molecule has 0 spiro atoms. The average Bonchev–Trinajstić information content (AvgIpc) is 2.67. The molecule has 0 radical (unpaired) electrons. The molecular formula is C18H16ClF4N5O3S. The van der Waals surface area contributed by atoms with Gasteiger partial charge in [-0.15, -0.1) is 0 Å². The maximum atomic E-state index is 14.8. The number of benzene rings is 1. The van der Waals surface area contributed by atoms with Crippen LogP contribution in [0.25, 0.3) is 0 Å². The van der Waals surface area contributed by atoms with Crippen LogP contribution in [-0.2, 0) is 21.7 Å². The standard InChI is InChI=1S/C18H16ClF4N5O3S/c1-17(8-32(30,31)28(2)16(24)27-17)11-5-10(6-12(19)14(11)20)26-15(29)13-4-3-9(7-25-13)18(21,22)23/h3-7H,8H2,1-2H3,(H2,24,27)(H,26,29)/t17-/m0/s1. The first-order valence-electron chi connectivity index (χ1n) is 8.81. The number of anilines is 1. The number of rotatable bonds is 3. The molecule has 8 nitrogen and oxygen atoms in total. The van der Waals surface area contributed by atoms with Crippen LogP contribution < -0.4 is 10.6 Å². The third-order valence-corrected chi connectivity index (χ3v) is 7.04. The Morgan fingerprint density at radius 3 is 2.53 bits per heavy atom. The van der Waals surface area contributed by atoms with Gasteiger partial charge in [-0.3, -0.25) is 15.2 Å². The first-order chi connectivity index (χ1) is 14.6. The molecule has 2 aromatic rings. The number of sulfonamides is 1. The van der Waals surface area contributed by atoms with E-state index in [1.807, 2.05) is 0 Å². The fourth-order valence-electron chi connectivity index (χ4n) is 3.08. The zero-order valence-corrected chi connectivity index (χ0v) is 18.1. The van der Waals surface area contributed by atoms with Crippen molar-refractivity contribution >= 4 is 39.2 Å². The first-order valence-corrected chi connectivity index (χ1v) is 10.8. The van der Waals surface area contributed by atoms with E-state index >= 15 is 0 Å². The molecule has 3 N–H and O–H groups in total. The summed E-state index contributed by atoms with van der Waals surface area (Å²) in [5.41, 5.74) is -3.26. The Bertz CT molecular complexity index is 1200. The van der Waals surface area contributed by atoms with E-state index in [9.17, 15) is 30.8 Å². The lowest BCUT2D eigenvalue weighted by Gasteiger charge is -2.40. The Hall–Kier alpha value is -2.93. The predicted molar refractivity (Wildman–Crippen MR) is 108 cm³/mol. The molecule has 1 aliphatic rings. The summed E-state index contributed by atoms with van der Waals surface area (Å²) in [6.07, 6.45) is -4.12. The van der Waals surface area contributed by atoms with Gasteiger partial charge in [0.05, 0.1) is 21.9 Å². The summed E-state index contributed by atoms with van der Waals surface area (Å²) < 4.78 is 78.2. The second kappa shape index (κ2) is 7.89. The van der Waals surface area contributed by atoms with Crippen molar-refractivity contribution in [2.75, 3.05) is 18.1 Å². The molecule has 1 aromatic carbocycles. The predicted octanol–water partition coefficient (Wildman–Crippen LogP) is 3.16. The maximum Gasteiger partial charge on any atom is 0.417 e. The Morgan fingerprint density at radius 2 is 2.00 bits per heavy atom. The number of nitrogens with zero attached hydrogens (tertiary/aromatic N) is 2.